The molecule has 0 unspecified atom stereocenters. The van der Waals surface area contributed by atoms with E-state index in [-0.39, 0.29) is 18.1 Å². The Morgan fingerprint density at radius 3 is 2.62 bits per heavy atom. The van der Waals surface area contributed by atoms with Crippen LogP contribution in [0.3, 0.4) is 0 Å². The molecule has 0 spiro atoms. The summed E-state index contributed by atoms with van der Waals surface area (Å²) >= 11 is 0. The number of fused-ring (bicyclic) bond motifs is 1. The van der Waals surface area contributed by atoms with Gasteiger partial charge in [0.1, 0.15) is 12.2 Å². The minimum atomic E-state index is -2.66. The van der Waals surface area contributed by atoms with Gasteiger partial charge in [0.05, 0.1) is 11.0 Å². The van der Waals surface area contributed by atoms with Crippen LogP contribution < -0.4 is 5.32 Å². The van der Waals surface area contributed by atoms with Gasteiger partial charge in [0, 0.05) is 18.8 Å². The van der Waals surface area contributed by atoms with Crippen LogP contribution in [0.4, 0.5) is 14.7 Å². The van der Waals surface area contributed by atoms with Crippen molar-refractivity contribution in [2.24, 2.45) is 0 Å². The fraction of sp³-hybridized carbons (Fsp3) is 0.450. The zero-order valence-corrected chi connectivity index (χ0v) is 16.9. The van der Waals surface area contributed by atoms with Crippen molar-refractivity contribution in [3.8, 4) is 0 Å². The van der Waals surface area contributed by atoms with Gasteiger partial charge < -0.3 is 9.47 Å². The molecule has 0 bridgehead atoms. The first-order valence-electron chi connectivity index (χ1n) is 9.72. The molecule has 2 heterocycles. The van der Waals surface area contributed by atoms with E-state index >= 15 is 0 Å². The minimum Gasteiger partial charge on any atom is -0.309 e. The minimum absolute atomic E-state index is 0.155. The van der Waals surface area contributed by atoms with Gasteiger partial charge in [-0.15, -0.1) is 0 Å². The van der Waals surface area contributed by atoms with Gasteiger partial charge in [-0.05, 0) is 38.2 Å². The van der Waals surface area contributed by atoms with Crippen molar-refractivity contribution in [3.05, 3.63) is 41.7 Å². The summed E-state index contributed by atoms with van der Waals surface area (Å²) in [4.78, 5) is 19.4. The van der Waals surface area contributed by atoms with Gasteiger partial charge in [0.2, 0.25) is 11.9 Å². The molecule has 29 heavy (non-hydrogen) atoms. The summed E-state index contributed by atoms with van der Waals surface area (Å²) < 4.78 is 28.9. The SMILES string of the molecule is CCN(CC)CCn1c(NC(=O)Cn2nc(C(F)F)cc2C)nc2ccccc21. The van der Waals surface area contributed by atoms with Crippen LogP contribution in [0, 0.1) is 6.92 Å². The van der Waals surface area contributed by atoms with Gasteiger partial charge in [-0.2, -0.15) is 5.10 Å². The number of carbonyl (C=O) groups is 1. The number of hydrogen-bond donors (Lipinski definition) is 1. The number of aryl methyl sites for hydroxylation is 1. The summed E-state index contributed by atoms with van der Waals surface area (Å²) in [5.41, 5.74) is 1.90. The summed E-state index contributed by atoms with van der Waals surface area (Å²) in [7, 11) is 0. The summed E-state index contributed by atoms with van der Waals surface area (Å²) in [6.45, 7) is 9.09. The maximum Gasteiger partial charge on any atom is 0.282 e. The Morgan fingerprint density at radius 1 is 1.24 bits per heavy atom. The summed E-state index contributed by atoms with van der Waals surface area (Å²) in [6.07, 6.45) is -2.66. The molecule has 0 aliphatic carbocycles. The summed E-state index contributed by atoms with van der Waals surface area (Å²) in [5.74, 6) is 0.0821. The van der Waals surface area contributed by atoms with Crippen molar-refractivity contribution in [1.82, 2.24) is 24.2 Å². The highest BCUT2D eigenvalue weighted by molar-refractivity contribution is 5.91. The second-order valence-corrected chi connectivity index (χ2v) is 6.82. The van der Waals surface area contributed by atoms with Gasteiger partial charge in [0.15, 0.2) is 0 Å². The smallest absolute Gasteiger partial charge is 0.282 e. The van der Waals surface area contributed by atoms with Crippen LogP contribution in [-0.2, 0) is 17.9 Å². The first kappa shape index (κ1) is 20.9. The molecule has 3 rings (SSSR count). The number of aromatic nitrogens is 4. The fourth-order valence-corrected chi connectivity index (χ4v) is 3.28. The highest BCUT2D eigenvalue weighted by atomic mass is 19.3. The predicted molar refractivity (Wildman–Crippen MR) is 108 cm³/mol. The van der Waals surface area contributed by atoms with Crippen LogP contribution in [0.15, 0.2) is 30.3 Å². The first-order chi connectivity index (χ1) is 13.9. The number of benzene rings is 1. The maximum atomic E-state index is 12.8. The molecule has 3 aromatic rings. The van der Waals surface area contributed by atoms with Gasteiger partial charge in [-0.25, -0.2) is 13.8 Å². The molecule has 0 atom stereocenters. The van der Waals surface area contributed by atoms with Crippen LogP contribution in [0.25, 0.3) is 11.0 Å². The molecule has 0 radical (unpaired) electrons. The molecular formula is C20H26F2N6O. The number of carbonyl (C=O) groups excluding carboxylic acids is 1. The second kappa shape index (κ2) is 9.13. The van der Waals surface area contributed by atoms with Gasteiger partial charge in [-0.3, -0.25) is 14.8 Å². The highest BCUT2D eigenvalue weighted by Crippen LogP contribution is 2.20. The Morgan fingerprint density at radius 2 is 1.97 bits per heavy atom. The lowest BCUT2D eigenvalue weighted by molar-refractivity contribution is -0.117. The molecule has 7 nitrogen and oxygen atoms in total. The molecular weight excluding hydrogens is 378 g/mol. The van der Waals surface area contributed by atoms with Crippen LogP contribution in [0.1, 0.15) is 31.7 Å². The third-order valence-electron chi connectivity index (χ3n) is 4.96. The highest BCUT2D eigenvalue weighted by Gasteiger charge is 2.17. The van der Waals surface area contributed by atoms with E-state index in [9.17, 15) is 13.6 Å². The van der Waals surface area contributed by atoms with Gasteiger partial charge in [0.25, 0.3) is 6.43 Å². The standard InChI is InChI=1S/C20H26F2N6O/c1-4-26(5-2)10-11-27-17-9-7-6-8-15(17)23-20(27)24-18(29)13-28-14(3)12-16(25-28)19(21)22/h6-9,12,19H,4-5,10-11,13H2,1-3H3,(H,23,24,29). The number of para-hydroxylation sites is 2. The number of amides is 1. The van der Waals surface area contributed by atoms with Gasteiger partial charge >= 0.3 is 0 Å². The van der Waals surface area contributed by atoms with E-state index in [1.807, 2.05) is 28.8 Å². The third kappa shape index (κ3) is 4.79. The van der Waals surface area contributed by atoms with E-state index in [4.69, 9.17) is 0 Å². The molecule has 9 heteroatoms. The molecule has 156 valence electrons. The fourth-order valence-electron chi connectivity index (χ4n) is 3.28. The number of imidazole rings is 1. The Balaban J connectivity index is 1.79. The number of rotatable bonds is 9. The number of hydrogen-bond acceptors (Lipinski definition) is 4. The van der Waals surface area contributed by atoms with E-state index in [0.29, 0.717) is 18.2 Å². The lowest BCUT2D eigenvalue weighted by Gasteiger charge is -2.19. The first-order valence-corrected chi connectivity index (χ1v) is 9.72. The average Bonchev–Trinajstić information content (AvgIpc) is 3.23. The Bertz CT molecular complexity index is 977. The second-order valence-electron chi connectivity index (χ2n) is 6.82. The van der Waals surface area contributed by atoms with E-state index in [1.54, 1.807) is 6.92 Å². The van der Waals surface area contributed by atoms with Crippen molar-refractivity contribution >= 4 is 22.9 Å². The zero-order valence-electron chi connectivity index (χ0n) is 16.9. The van der Waals surface area contributed by atoms with Crippen molar-refractivity contribution in [2.75, 3.05) is 25.0 Å². The molecule has 0 aliphatic rings. The Hall–Kier alpha value is -2.81. The number of halogens is 2. The molecule has 0 saturated carbocycles. The maximum absolute atomic E-state index is 12.8. The van der Waals surface area contributed by atoms with E-state index in [0.717, 1.165) is 30.7 Å². The summed E-state index contributed by atoms with van der Waals surface area (Å²) in [6, 6.07) is 8.98. The molecule has 0 saturated heterocycles. The summed E-state index contributed by atoms with van der Waals surface area (Å²) in [5, 5.41) is 6.63. The normalized spacial score (nSPS) is 11.7. The Kier molecular flexibility index (Phi) is 6.58. The van der Waals surface area contributed by atoms with Crippen LogP contribution >= 0.6 is 0 Å². The van der Waals surface area contributed by atoms with Crippen molar-refractivity contribution in [1.29, 1.82) is 0 Å². The van der Waals surface area contributed by atoms with Crippen molar-refractivity contribution in [2.45, 2.75) is 40.3 Å². The molecule has 0 fully saturated rings. The quantitative estimate of drug-likeness (QED) is 0.593. The number of alkyl halides is 2. The third-order valence-corrected chi connectivity index (χ3v) is 4.96. The zero-order chi connectivity index (χ0) is 21.0. The molecule has 1 N–H and O–H groups in total. The lowest BCUT2D eigenvalue weighted by atomic mass is 10.3. The lowest BCUT2D eigenvalue weighted by Crippen LogP contribution is -2.28. The number of likely N-dealkylation sites (N-methyl/N-ethyl adjacent to an activating group) is 1. The van der Waals surface area contributed by atoms with E-state index < -0.39 is 6.43 Å². The molecule has 1 amide bonds. The number of nitrogens with zero attached hydrogens (tertiary/aromatic N) is 5. The average molecular weight is 404 g/mol. The van der Waals surface area contributed by atoms with Crippen LogP contribution in [0.2, 0.25) is 0 Å². The van der Waals surface area contributed by atoms with Crippen LogP contribution in [0.5, 0.6) is 0 Å². The number of anilines is 1. The number of nitrogens with one attached hydrogen (secondary N) is 1. The van der Waals surface area contributed by atoms with E-state index in [2.05, 4.69) is 34.1 Å². The monoisotopic (exact) mass is 404 g/mol. The topological polar surface area (TPSA) is 68.0 Å². The molecule has 0 aliphatic heterocycles. The largest absolute Gasteiger partial charge is 0.309 e. The Labute approximate surface area is 168 Å². The van der Waals surface area contributed by atoms with Gasteiger partial charge in [-0.1, -0.05) is 26.0 Å². The predicted octanol–water partition coefficient (Wildman–Crippen LogP) is 3.46. The molecule has 2 aromatic heterocycles. The van der Waals surface area contributed by atoms with Crippen molar-refractivity contribution in [3.63, 3.8) is 0 Å². The van der Waals surface area contributed by atoms with E-state index in [1.165, 1.54) is 10.7 Å². The van der Waals surface area contributed by atoms with Crippen LogP contribution in [-0.4, -0.2) is 49.8 Å². The molecule has 1 aromatic carbocycles. The van der Waals surface area contributed by atoms with Crippen molar-refractivity contribution < 1.29 is 13.6 Å².